The fourth-order valence-electron chi connectivity index (χ4n) is 2.92. The second-order valence-electron chi connectivity index (χ2n) is 5.53. The number of fused-ring (bicyclic) bond motifs is 2. The SMILES string of the molecule is Cn1c(=O)[nH]c(=O)c2c(-c3ccccc3)c3cc(Br)ccc3nc21. The molecule has 0 radical (unpaired) electrons. The summed E-state index contributed by atoms with van der Waals surface area (Å²) < 4.78 is 2.26. The molecule has 0 aliphatic rings. The van der Waals surface area contributed by atoms with E-state index < -0.39 is 11.2 Å². The van der Waals surface area contributed by atoms with Crippen LogP contribution in [0, 0.1) is 0 Å². The molecule has 0 aliphatic carbocycles. The second-order valence-corrected chi connectivity index (χ2v) is 6.45. The Morgan fingerprint density at radius 1 is 1.08 bits per heavy atom. The van der Waals surface area contributed by atoms with Gasteiger partial charge in [0, 0.05) is 22.5 Å². The van der Waals surface area contributed by atoms with Gasteiger partial charge >= 0.3 is 5.69 Å². The van der Waals surface area contributed by atoms with Gasteiger partial charge < -0.3 is 0 Å². The Labute approximate surface area is 144 Å². The quantitative estimate of drug-likeness (QED) is 0.514. The van der Waals surface area contributed by atoms with Crippen LogP contribution in [0.3, 0.4) is 0 Å². The Bertz CT molecular complexity index is 1210. The lowest BCUT2D eigenvalue weighted by atomic mass is 9.98. The first kappa shape index (κ1) is 14.8. The zero-order valence-corrected chi connectivity index (χ0v) is 14.3. The fraction of sp³-hybridized carbons (Fsp3) is 0.0556. The molecular weight excluding hydrogens is 370 g/mol. The third-order valence-corrected chi connectivity index (χ3v) is 4.55. The van der Waals surface area contributed by atoms with Gasteiger partial charge in [0.25, 0.3) is 5.56 Å². The van der Waals surface area contributed by atoms with Crippen molar-refractivity contribution in [3.63, 3.8) is 0 Å². The van der Waals surface area contributed by atoms with Crippen molar-refractivity contribution in [2.45, 2.75) is 0 Å². The van der Waals surface area contributed by atoms with Crippen LogP contribution in [0.25, 0.3) is 33.1 Å². The molecule has 0 saturated heterocycles. The van der Waals surface area contributed by atoms with Gasteiger partial charge in [0.15, 0.2) is 5.65 Å². The molecule has 0 aliphatic heterocycles. The van der Waals surface area contributed by atoms with E-state index in [9.17, 15) is 9.59 Å². The van der Waals surface area contributed by atoms with Crippen molar-refractivity contribution in [1.29, 1.82) is 0 Å². The van der Waals surface area contributed by atoms with E-state index in [-0.39, 0.29) is 0 Å². The lowest BCUT2D eigenvalue weighted by molar-refractivity contribution is 0.831. The second kappa shape index (κ2) is 5.42. The van der Waals surface area contributed by atoms with Crippen LogP contribution in [-0.2, 0) is 7.05 Å². The molecule has 6 heteroatoms. The number of hydrogen-bond acceptors (Lipinski definition) is 3. The predicted octanol–water partition coefficient (Wildman–Crippen LogP) is 3.20. The van der Waals surface area contributed by atoms with E-state index >= 15 is 0 Å². The van der Waals surface area contributed by atoms with Crippen molar-refractivity contribution in [2.24, 2.45) is 7.05 Å². The summed E-state index contributed by atoms with van der Waals surface area (Å²) in [7, 11) is 1.60. The van der Waals surface area contributed by atoms with Crippen LogP contribution >= 0.6 is 15.9 Å². The zero-order chi connectivity index (χ0) is 16.8. The largest absolute Gasteiger partial charge is 0.329 e. The van der Waals surface area contributed by atoms with Gasteiger partial charge in [-0.05, 0) is 23.8 Å². The average molecular weight is 382 g/mol. The minimum atomic E-state index is -0.476. The number of H-pyrrole nitrogens is 1. The highest BCUT2D eigenvalue weighted by Crippen LogP contribution is 2.33. The summed E-state index contributed by atoms with van der Waals surface area (Å²) in [6.45, 7) is 0. The van der Waals surface area contributed by atoms with E-state index in [0.29, 0.717) is 11.0 Å². The van der Waals surface area contributed by atoms with Crippen molar-refractivity contribution in [2.75, 3.05) is 0 Å². The van der Waals surface area contributed by atoms with E-state index in [1.165, 1.54) is 4.57 Å². The molecule has 0 bridgehead atoms. The normalized spacial score (nSPS) is 11.2. The van der Waals surface area contributed by atoms with Gasteiger partial charge in [-0.1, -0.05) is 46.3 Å². The Kier molecular flexibility index (Phi) is 3.35. The van der Waals surface area contributed by atoms with Crippen LogP contribution in [-0.4, -0.2) is 14.5 Å². The average Bonchev–Trinajstić information content (AvgIpc) is 2.59. The van der Waals surface area contributed by atoms with Gasteiger partial charge in [-0.15, -0.1) is 0 Å². The van der Waals surface area contributed by atoms with E-state index in [2.05, 4.69) is 25.9 Å². The zero-order valence-electron chi connectivity index (χ0n) is 12.7. The smallest absolute Gasteiger partial charge is 0.281 e. The molecule has 0 atom stereocenters. The standard InChI is InChI=1S/C18H12BrN3O2/c1-22-16-15(17(23)21-18(22)24)14(10-5-3-2-4-6-10)12-9-11(19)7-8-13(12)20-16/h2-9H,1H3,(H,21,23,24). The molecule has 118 valence electrons. The van der Waals surface area contributed by atoms with Crippen molar-refractivity contribution < 1.29 is 0 Å². The summed E-state index contributed by atoms with van der Waals surface area (Å²) in [5, 5.41) is 1.26. The number of aryl methyl sites for hydroxylation is 1. The highest BCUT2D eigenvalue weighted by Gasteiger charge is 2.16. The number of nitrogens with one attached hydrogen (secondary N) is 1. The maximum atomic E-state index is 12.6. The van der Waals surface area contributed by atoms with Crippen molar-refractivity contribution in [3.8, 4) is 11.1 Å². The first-order valence-electron chi connectivity index (χ1n) is 7.34. The number of rotatable bonds is 1. The maximum absolute atomic E-state index is 12.6. The molecule has 24 heavy (non-hydrogen) atoms. The molecule has 0 saturated carbocycles. The van der Waals surface area contributed by atoms with E-state index in [1.807, 2.05) is 48.5 Å². The maximum Gasteiger partial charge on any atom is 0.329 e. The van der Waals surface area contributed by atoms with Gasteiger partial charge in [0.1, 0.15) is 0 Å². The minimum Gasteiger partial charge on any atom is -0.281 e. The summed E-state index contributed by atoms with van der Waals surface area (Å²) in [5.41, 5.74) is 1.87. The number of aromatic amines is 1. The summed E-state index contributed by atoms with van der Waals surface area (Å²) >= 11 is 3.48. The lowest BCUT2D eigenvalue weighted by Crippen LogP contribution is -2.29. The van der Waals surface area contributed by atoms with Crippen LogP contribution in [0.5, 0.6) is 0 Å². The molecule has 2 aromatic carbocycles. The third-order valence-electron chi connectivity index (χ3n) is 4.06. The topological polar surface area (TPSA) is 67.8 Å². The highest BCUT2D eigenvalue weighted by atomic mass is 79.9. The number of aromatic nitrogens is 3. The van der Waals surface area contributed by atoms with Gasteiger partial charge in [-0.2, -0.15) is 0 Å². The van der Waals surface area contributed by atoms with Gasteiger partial charge in [0.2, 0.25) is 0 Å². The summed E-state index contributed by atoms with van der Waals surface area (Å²) in [5.74, 6) is 0. The number of halogens is 1. The molecule has 2 aromatic heterocycles. The summed E-state index contributed by atoms with van der Waals surface area (Å²) in [6.07, 6.45) is 0. The minimum absolute atomic E-state index is 0.373. The first-order valence-corrected chi connectivity index (χ1v) is 8.13. The Balaban J connectivity index is 2.36. The van der Waals surface area contributed by atoms with E-state index in [4.69, 9.17) is 0 Å². The summed E-state index contributed by atoms with van der Waals surface area (Å²) in [4.78, 5) is 31.4. The number of pyridine rings is 1. The molecule has 0 fully saturated rings. The van der Waals surface area contributed by atoms with Crippen molar-refractivity contribution in [3.05, 3.63) is 73.8 Å². The predicted molar refractivity (Wildman–Crippen MR) is 98.2 cm³/mol. The van der Waals surface area contributed by atoms with Gasteiger partial charge in [0.05, 0.1) is 10.9 Å². The molecule has 2 heterocycles. The molecule has 0 spiro atoms. The molecular formula is C18H12BrN3O2. The van der Waals surface area contributed by atoms with Gasteiger partial charge in [-0.3, -0.25) is 14.3 Å². The van der Waals surface area contributed by atoms with E-state index in [0.717, 1.165) is 26.5 Å². The molecule has 4 aromatic rings. The molecule has 1 N–H and O–H groups in total. The van der Waals surface area contributed by atoms with Crippen LogP contribution in [0.1, 0.15) is 0 Å². The van der Waals surface area contributed by atoms with E-state index in [1.54, 1.807) is 7.05 Å². The summed E-state index contributed by atoms with van der Waals surface area (Å²) in [6, 6.07) is 15.3. The Morgan fingerprint density at radius 3 is 2.58 bits per heavy atom. The third kappa shape index (κ3) is 2.18. The molecule has 5 nitrogen and oxygen atoms in total. The monoisotopic (exact) mass is 381 g/mol. The fourth-order valence-corrected chi connectivity index (χ4v) is 3.29. The Hall–Kier alpha value is -2.73. The number of hydrogen-bond donors (Lipinski definition) is 1. The Morgan fingerprint density at radius 2 is 1.83 bits per heavy atom. The van der Waals surface area contributed by atoms with Crippen LogP contribution < -0.4 is 11.2 Å². The van der Waals surface area contributed by atoms with Crippen LogP contribution in [0.2, 0.25) is 0 Å². The number of benzene rings is 2. The lowest BCUT2D eigenvalue weighted by Gasteiger charge is -2.12. The van der Waals surface area contributed by atoms with Gasteiger partial charge in [-0.25, -0.2) is 9.78 Å². The first-order chi connectivity index (χ1) is 11.6. The van der Waals surface area contributed by atoms with Crippen LogP contribution in [0.15, 0.2) is 62.6 Å². The molecule has 0 unspecified atom stereocenters. The van der Waals surface area contributed by atoms with Crippen molar-refractivity contribution >= 4 is 37.9 Å². The van der Waals surface area contributed by atoms with Crippen LogP contribution in [0.4, 0.5) is 0 Å². The highest BCUT2D eigenvalue weighted by molar-refractivity contribution is 9.10. The van der Waals surface area contributed by atoms with Crippen molar-refractivity contribution in [1.82, 2.24) is 14.5 Å². The molecule has 0 amide bonds. The molecule has 4 rings (SSSR count). The number of nitrogens with zero attached hydrogens (tertiary/aromatic N) is 2.